The van der Waals surface area contributed by atoms with Gasteiger partial charge in [0.15, 0.2) is 0 Å². The first-order valence-electron chi connectivity index (χ1n) is 5.06. The molecule has 0 aliphatic carbocycles. The second kappa shape index (κ2) is 6.66. The number of carbonyl (C=O) groups is 1. The largest absolute Gasteiger partial charge is 0.397 e. The Bertz CT molecular complexity index is 371. The molecule has 0 unspecified atom stereocenters. The lowest BCUT2D eigenvalue weighted by molar-refractivity contribution is -0.115. The summed E-state index contributed by atoms with van der Waals surface area (Å²) in [5.41, 5.74) is 6.83. The van der Waals surface area contributed by atoms with Gasteiger partial charge < -0.3 is 11.1 Å². The Balaban J connectivity index is 2.49. The molecule has 1 aromatic rings. The molecule has 0 aliphatic heterocycles. The summed E-state index contributed by atoms with van der Waals surface area (Å²) < 4.78 is 0. The van der Waals surface area contributed by atoms with E-state index in [-0.39, 0.29) is 5.91 Å². The molecule has 16 heavy (non-hydrogen) atoms. The van der Waals surface area contributed by atoms with Crippen molar-refractivity contribution in [3.05, 3.63) is 23.2 Å². The Morgan fingerprint density at radius 3 is 2.94 bits per heavy atom. The van der Waals surface area contributed by atoms with E-state index in [9.17, 15) is 4.79 Å². The molecule has 0 atom stereocenters. The molecule has 0 aromatic heterocycles. The minimum absolute atomic E-state index is 0.0185. The minimum atomic E-state index is -0.0185. The Morgan fingerprint density at radius 2 is 2.31 bits per heavy atom. The fourth-order valence-electron chi connectivity index (χ4n) is 1.17. The zero-order valence-electron chi connectivity index (χ0n) is 9.13. The SMILES string of the molecule is CCSCCC(=O)Nc1ccc(Cl)cc1N. The van der Waals surface area contributed by atoms with E-state index in [1.807, 2.05) is 0 Å². The lowest BCUT2D eigenvalue weighted by Gasteiger charge is -2.08. The molecule has 0 bridgehead atoms. The molecule has 0 heterocycles. The lowest BCUT2D eigenvalue weighted by Crippen LogP contribution is -2.13. The summed E-state index contributed by atoms with van der Waals surface area (Å²) in [6, 6.07) is 5.04. The summed E-state index contributed by atoms with van der Waals surface area (Å²) in [6.45, 7) is 2.07. The van der Waals surface area contributed by atoms with E-state index in [1.54, 1.807) is 30.0 Å². The number of carbonyl (C=O) groups excluding carboxylic acids is 1. The molecule has 5 heteroatoms. The van der Waals surface area contributed by atoms with E-state index < -0.39 is 0 Å². The summed E-state index contributed by atoms with van der Waals surface area (Å²) in [6.07, 6.45) is 0.501. The Labute approximate surface area is 105 Å². The fraction of sp³-hybridized carbons (Fsp3) is 0.364. The van der Waals surface area contributed by atoms with Crippen LogP contribution in [-0.4, -0.2) is 17.4 Å². The standard InChI is InChI=1S/C11H15ClN2OS/c1-2-16-6-5-11(15)14-10-4-3-8(12)7-9(10)13/h3-4,7H,2,5-6,13H2,1H3,(H,14,15). The van der Waals surface area contributed by atoms with Crippen LogP contribution in [0.15, 0.2) is 18.2 Å². The van der Waals surface area contributed by atoms with Crippen molar-refractivity contribution >= 4 is 40.6 Å². The average Bonchev–Trinajstić information content (AvgIpc) is 2.23. The van der Waals surface area contributed by atoms with Crippen molar-refractivity contribution in [3.63, 3.8) is 0 Å². The number of hydrogen-bond acceptors (Lipinski definition) is 3. The van der Waals surface area contributed by atoms with Crippen LogP contribution in [0.1, 0.15) is 13.3 Å². The number of nitrogens with one attached hydrogen (secondary N) is 1. The summed E-state index contributed by atoms with van der Waals surface area (Å²) in [5.74, 6) is 1.83. The van der Waals surface area contributed by atoms with Crippen LogP contribution in [0.4, 0.5) is 11.4 Å². The number of amides is 1. The van der Waals surface area contributed by atoms with E-state index in [4.69, 9.17) is 17.3 Å². The number of hydrogen-bond donors (Lipinski definition) is 2. The zero-order chi connectivity index (χ0) is 12.0. The maximum Gasteiger partial charge on any atom is 0.225 e. The molecule has 3 N–H and O–H groups in total. The smallest absolute Gasteiger partial charge is 0.225 e. The van der Waals surface area contributed by atoms with Crippen LogP contribution < -0.4 is 11.1 Å². The molecule has 0 spiro atoms. The van der Waals surface area contributed by atoms with E-state index in [0.29, 0.717) is 22.8 Å². The van der Waals surface area contributed by atoms with Gasteiger partial charge in [-0.2, -0.15) is 11.8 Å². The summed E-state index contributed by atoms with van der Waals surface area (Å²) in [5, 5.41) is 3.33. The summed E-state index contributed by atoms with van der Waals surface area (Å²) >= 11 is 7.50. The van der Waals surface area contributed by atoms with Gasteiger partial charge in [-0.05, 0) is 24.0 Å². The van der Waals surface area contributed by atoms with Gasteiger partial charge in [-0.3, -0.25) is 4.79 Å². The number of nitrogens with two attached hydrogens (primary N) is 1. The highest BCUT2D eigenvalue weighted by molar-refractivity contribution is 7.99. The van der Waals surface area contributed by atoms with E-state index in [1.165, 1.54) is 0 Å². The van der Waals surface area contributed by atoms with Gasteiger partial charge >= 0.3 is 0 Å². The topological polar surface area (TPSA) is 55.1 Å². The second-order valence-electron chi connectivity index (χ2n) is 3.23. The van der Waals surface area contributed by atoms with Gasteiger partial charge in [0.2, 0.25) is 5.91 Å². The number of benzene rings is 1. The molecule has 1 amide bonds. The van der Waals surface area contributed by atoms with Crippen molar-refractivity contribution < 1.29 is 4.79 Å². The van der Waals surface area contributed by atoms with Crippen LogP contribution in [0, 0.1) is 0 Å². The maximum atomic E-state index is 11.5. The predicted molar refractivity (Wildman–Crippen MR) is 72.1 cm³/mol. The van der Waals surface area contributed by atoms with Crippen molar-refractivity contribution in [2.24, 2.45) is 0 Å². The van der Waals surface area contributed by atoms with Gasteiger partial charge in [0, 0.05) is 17.2 Å². The number of rotatable bonds is 5. The van der Waals surface area contributed by atoms with Crippen LogP contribution in [0.3, 0.4) is 0 Å². The third-order valence-electron chi connectivity index (χ3n) is 1.97. The molecular formula is C11H15ClN2OS. The molecule has 1 rings (SSSR count). The molecule has 0 aliphatic rings. The van der Waals surface area contributed by atoms with Crippen LogP contribution >= 0.6 is 23.4 Å². The monoisotopic (exact) mass is 258 g/mol. The molecule has 0 saturated carbocycles. The summed E-state index contributed by atoms with van der Waals surface area (Å²) in [7, 11) is 0. The number of anilines is 2. The second-order valence-corrected chi connectivity index (χ2v) is 5.06. The van der Waals surface area contributed by atoms with Crippen molar-refractivity contribution in [2.75, 3.05) is 22.6 Å². The number of halogens is 1. The van der Waals surface area contributed by atoms with Gasteiger partial charge in [0.05, 0.1) is 11.4 Å². The normalized spacial score (nSPS) is 10.1. The quantitative estimate of drug-likeness (QED) is 0.631. The van der Waals surface area contributed by atoms with Crippen LogP contribution in [0.5, 0.6) is 0 Å². The third kappa shape index (κ3) is 4.33. The lowest BCUT2D eigenvalue weighted by atomic mass is 10.2. The molecule has 0 fully saturated rings. The molecule has 0 radical (unpaired) electrons. The van der Waals surface area contributed by atoms with Crippen LogP contribution in [-0.2, 0) is 4.79 Å². The summed E-state index contributed by atoms with van der Waals surface area (Å²) in [4.78, 5) is 11.5. The zero-order valence-corrected chi connectivity index (χ0v) is 10.7. The molecule has 88 valence electrons. The minimum Gasteiger partial charge on any atom is -0.397 e. The molecule has 0 saturated heterocycles. The van der Waals surface area contributed by atoms with Gasteiger partial charge in [-0.15, -0.1) is 0 Å². The van der Waals surface area contributed by atoms with E-state index >= 15 is 0 Å². The van der Waals surface area contributed by atoms with Crippen molar-refractivity contribution in [1.82, 2.24) is 0 Å². The number of nitrogen functional groups attached to an aromatic ring is 1. The predicted octanol–water partition coefficient (Wildman–Crippen LogP) is 3.00. The van der Waals surface area contributed by atoms with Crippen molar-refractivity contribution in [2.45, 2.75) is 13.3 Å². The highest BCUT2D eigenvalue weighted by atomic mass is 35.5. The first-order chi connectivity index (χ1) is 7.63. The van der Waals surface area contributed by atoms with Gasteiger partial charge in [0.1, 0.15) is 0 Å². The third-order valence-corrected chi connectivity index (χ3v) is 3.10. The van der Waals surface area contributed by atoms with Gasteiger partial charge in [-0.1, -0.05) is 18.5 Å². The molecule has 1 aromatic carbocycles. The van der Waals surface area contributed by atoms with Gasteiger partial charge in [0.25, 0.3) is 0 Å². The maximum absolute atomic E-state index is 11.5. The Kier molecular flexibility index (Phi) is 5.49. The van der Waals surface area contributed by atoms with Crippen molar-refractivity contribution in [1.29, 1.82) is 0 Å². The molecule has 3 nitrogen and oxygen atoms in total. The van der Waals surface area contributed by atoms with Crippen LogP contribution in [0.2, 0.25) is 5.02 Å². The highest BCUT2D eigenvalue weighted by Gasteiger charge is 2.05. The highest BCUT2D eigenvalue weighted by Crippen LogP contribution is 2.22. The Hall–Kier alpha value is -0.870. The van der Waals surface area contributed by atoms with Gasteiger partial charge in [-0.25, -0.2) is 0 Å². The van der Waals surface area contributed by atoms with E-state index in [2.05, 4.69) is 12.2 Å². The van der Waals surface area contributed by atoms with Crippen molar-refractivity contribution in [3.8, 4) is 0 Å². The first kappa shape index (κ1) is 13.2. The number of thioether (sulfide) groups is 1. The average molecular weight is 259 g/mol. The Morgan fingerprint density at radius 1 is 1.56 bits per heavy atom. The fourth-order valence-corrected chi connectivity index (χ4v) is 1.97. The first-order valence-corrected chi connectivity index (χ1v) is 6.59. The van der Waals surface area contributed by atoms with E-state index in [0.717, 1.165) is 11.5 Å². The molecular weight excluding hydrogens is 244 g/mol. The van der Waals surface area contributed by atoms with Crippen LogP contribution in [0.25, 0.3) is 0 Å².